The second-order valence-corrected chi connectivity index (χ2v) is 7.13. The minimum atomic E-state index is 0.612. The molecule has 5 nitrogen and oxygen atoms in total. The van der Waals surface area contributed by atoms with Gasteiger partial charge in [0.2, 0.25) is 0 Å². The van der Waals surface area contributed by atoms with E-state index in [9.17, 15) is 0 Å². The second-order valence-electron chi connectivity index (χ2n) is 7.13. The first kappa shape index (κ1) is 17.7. The Balaban J connectivity index is 1.66. The van der Waals surface area contributed by atoms with Crippen LogP contribution in [0, 0.1) is 5.92 Å². The standard InChI is InChI=1S/C20H28N4O/c1-23(2)12-16-9-11-24(14-16)13-15-4-6-17(7-5-15)19-20(25-3)18(21)8-10-22-19/h4-8,10,16H,9,11-14H2,1-3H3,(H2,21,22). The maximum Gasteiger partial charge on any atom is 0.167 e. The van der Waals surface area contributed by atoms with Crippen LogP contribution < -0.4 is 10.5 Å². The Hall–Kier alpha value is -2.11. The van der Waals surface area contributed by atoms with Gasteiger partial charge in [-0.15, -0.1) is 0 Å². The molecule has 1 aromatic heterocycles. The lowest BCUT2D eigenvalue weighted by atomic mass is 10.1. The summed E-state index contributed by atoms with van der Waals surface area (Å²) < 4.78 is 5.41. The van der Waals surface area contributed by atoms with E-state index in [1.165, 1.54) is 31.6 Å². The van der Waals surface area contributed by atoms with E-state index in [1.807, 2.05) is 0 Å². The summed E-state index contributed by atoms with van der Waals surface area (Å²) in [6.45, 7) is 4.55. The number of nitrogens with two attached hydrogens (primary N) is 1. The van der Waals surface area contributed by atoms with Crippen LogP contribution >= 0.6 is 0 Å². The number of likely N-dealkylation sites (tertiary alicyclic amines) is 1. The van der Waals surface area contributed by atoms with Crippen molar-refractivity contribution in [3.63, 3.8) is 0 Å². The molecule has 25 heavy (non-hydrogen) atoms. The van der Waals surface area contributed by atoms with Crippen molar-refractivity contribution in [2.75, 3.05) is 46.6 Å². The largest absolute Gasteiger partial charge is 0.492 e. The number of hydrogen-bond acceptors (Lipinski definition) is 5. The summed E-state index contributed by atoms with van der Waals surface area (Å²) in [4.78, 5) is 9.26. The van der Waals surface area contributed by atoms with Crippen molar-refractivity contribution in [2.24, 2.45) is 5.92 Å². The average molecular weight is 340 g/mol. The molecule has 134 valence electrons. The van der Waals surface area contributed by atoms with E-state index >= 15 is 0 Å². The fourth-order valence-electron chi connectivity index (χ4n) is 3.63. The zero-order valence-corrected chi connectivity index (χ0v) is 15.4. The van der Waals surface area contributed by atoms with Gasteiger partial charge in [-0.1, -0.05) is 24.3 Å². The summed E-state index contributed by atoms with van der Waals surface area (Å²) in [5, 5.41) is 0. The van der Waals surface area contributed by atoms with Gasteiger partial charge in [0.25, 0.3) is 0 Å². The zero-order valence-electron chi connectivity index (χ0n) is 15.4. The van der Waals surface area contributed by atoms with Crippen LogP contribution in [-0.4, -0.2) is 55.6 Å². The third-order valence-corrected chi connectivity index (χ3v) is 4.77. The van der Waals surface area contributed by atoms with E-state index in [4.69, 9.17) is 10.5 Å². The van der Waals surface area contributed by atoms with Gasteiger partial charge in [-0.05, 0) is 44.6 Å². The van der Waals surface area contributed by atoms with Crippen LogP contribution in [0.5, 0.6) is 5.75 Å². The Bertz CT molecular complexity index is 699. The number of hydrogen-bond donors (Lipinski definition) is 1. The smallest absolute Gasteiger partial charge is 0.167 e. The quantitative estimate of drug-likeness (QED) is 0.876. The van der Waals surface area contributed by atoms with E-state index in [2.05, 4.69) is 53.1 Å². The lowest BCUT2D eigenvalue weighted by Crippen LogP contribution is -2.25. The van der Waals surface area contributed by atoms with Gasteiger partial charge < -0.3 is 15.4 Å². The average Bonchev–Trinajstić information content (AvgIpc) is 3.01. The Morgan fingerprint density at radius 3 is 2.68 bits per heavy atom. The number of benzene rings is 1. The highest BCUT2D eigenvalue weighted by molar-refractivity contribution is 5.73. The van der Waals surface area contributed by atoms with Crippen LogP contribution in [0.4, 0.5) is 5.69 Å². The Labute approximate surface area is 150 Å². The number of anilines is 1. The molecule has 0 amide bonds. The van der Waals surface area contributed by atoms with Gasteiger partial charge in [0.05, 0.1) is 12.8 Å². The van der Waals surface area contributed by atoms with Crippen molar-refractivity contribution < 1.29 is 4.74 Å². The van der Waals surface area contributed by atoms with Crippen LogP contribution in [-0.2, 0) is 6.54 Å². The molecule has 0 radical (unpaired) electrons. The van der Waals surface area contributed by atoms with Crippen LogP contribution in [0.25, 0.3) is 11.3 Å². The minimum absolute atomic E-state index is 0.612. The molecule has 2 N–H and O–H groups in total. The summed E-state index contributed by atoms with van der Waals surface area (Å²) in [6, 6.07) is 10.3. The molecular formula is C20H28N4O. The Kier molecular flexibility index (Phi) is 5.56. The molecule has 2 heterocycles. The lowest BCUT2D eigenvalue weighted by molar-refractivity contribution is 0.286. The van der Waals surface area contributed by atoms with E-state index < -0.39 is 0 Å². The number of methoxy groups -OCH3 is 1. The molecule has 1 aromatic carbocycles. The monoisotopic (exact) mass is 340 g/mol. The van der Waals surface area contributed by atoms with E-state index in [1.54, 1.807) is 19.4 Å². The summed E-state index contributed by atoms with van der Waals surface area (Å²) >= 11 is 0. The van der Waals surface area contributed by atoms with Gasteiger partial charge in [-0.3, -0.25) is 9.88 Å². The van der Waals surface area contributed by atoms with Gasteiger partial charge in [-0.25, -0.2) is 0 Å². The molecule has 2 aromatic rings. The molecule has 5 heteroatoms. The van der Waals surface area contributed by atoms with Crippen molar-refractivity contribution in [1.82, 2.24) is 14.8 Å². The van der Waals surface area contributed by atoms with Crippen molar-refractivity contribution in [3.05, 3.63) is 42.1 Å². The van der Waals surface area contributed by atoms with Gasteiger partial charge >= 0.3 is 0 Å². The lowest BCUT2D eigenvalue weighted by Gasteiger charge is -2.18. The Morgan fingerprint density at radius 1 is 1.24 bits per heavy atom. The zero-order chi connectivity index (χ0) is 17.8. The van der Waals surface area contributed by atoms with Gasteiger partial charge in [-0.2, -0.15) is 0 Å². The maximum absolute atomic E-state index is 5.98. The predicted octanol–water partition coefficient (Wildman–Crippen LogP) is 2.72. The molecule has 0 spiro atoms. The fourth-order valence-corrected chi connectivity index (χ4v) is 3.63. The SMILES string of the molecule is COc1c(N)ccnc1-c1ccc(CN2CCC(CN(C)C)C2)cc1. The first-order valence-corrected chi connectivity index (χ1v) is 8.81. The number of nitrogen functional groups attached to an aromatic ring is 1. The normalized spacial score (nSPS) is 18.0. The number of ether oxygens (including phenoxy) is 1. The molecule has 1 fully saturated rings. The maximum atomic E-state index is 5.98. The molecule has 1 aliphatic heterocycles. The number of pyridine rings is 1. The van der Waals surface area contributed by atoms with Gasteiger partial charge in [0.1, 0.15) is 5.69 Å². The van der Waals surface area contributed by atoms with E-state index in [0.29, 0.717) is 11.4 Å². The topological polar surface area (TPSA) is 54.6 Å². The molecule has 1 aliphatic rings. The Morgan fingerprint density at radius 2 is 2.00 bits per heavy atom. The van der Waals surface area contributed by atoms with Crippen molar-refractivity contribution in [3.8, 4) is 17.0 Å². The predicted molar refractivity (Wildman–Crippen MR) is 103 cm³/mol. The van der Waals surface area contributed by atoms with Gasteiger partial charge in [0, 0.05) is 31.4 Å². The van der Waals surface area contributed by atoms with E-state index in [0.717, 1.165) is 23.7 Å². The minimum Gasteiger partial charge on any atom is -0.492 e. The first-order chi connectivity index (χ1) is 12.1. The van der Waals surface area contributed by atoms with Crippen LogP contribution in [0.2, 0.25) is 0 Å². The van der Waals surface area contributed by atoms with Crippen LogP contribution in [0.1, 0.15) is 12.0 Å². The van der Waals surface area contributed by atoms with Crippen molar-refractivity contribution in [2.45, 2.75) is 13.0 Å². The highest BCUT2D eigenvalue weighted by atomic mass is 16.5. The van der Waals surface area contributed by atoms with Crippen LogP contribution in [0.15, 0.2) is 36.5 Å². The third-order valence-electron chi connectivity index (χ3n) is 4.77. The second kappa shape index (κ2) is 7.85. The molecule has 1 atom stereocenters. The van der Waals surface area contributed by atoms with Crippen LogP contribution in [0.3, 0.4) is 0 Å². The molecule has 1 unspecified atom stereocenters. The molecule has 1 saturated heterocycles. The number of aromatic nitrogens is 1. The fraction of sp³-hybridized carbons (Fsp3) is 0.450. The third kappa shape index (κ3) is 4.30. The molecule has 0 saturated carbocycles. The summed E-state index contributed by atoms with van der Waals surface area (Å²) in [6.07, 6.45) is 3.01. The summed E-state index contributed by atoms with van der Waals surface area (Å²) in [7, 11) is 5.93. The van der Waals surface area contributed by atoms with Crippen molar-refractivity contribution >= 4 is 5.69 Å². The van der Waals surface area contributed by atoms with E-state index in [-0.39, 0.29) is 0 Å². The first-order valence-electron chi connectivity index (χ1n) is 8.81. The highest BCUT2D eigenvalue weighted by Crippen LogP contribution is 2.32. The number of nitrogens with zero attached hydrogens (tertiary/aromatic N) is 3. The number of rotatable bonds is 6. The molecule has 3 rings (SSSR count). The highest BCUT2D eigenvalue weighted by Gasteiger charge is 2.22. The summed E-state index contributed by atoms with van der Waals surface area (Å²) in [5.41, 5.74) is 9.74. The molecular weight excluding hydrogens is 312 g/mol. The molecule has 0 bridgehead atoms. The van der Waals surface area contributed by atoms with Gasteiger partial charge in [0.15, 0.2) is 5.75 Å². The summed E-state index contributed by atoms with van der Waals surface area (Å²) in [5.74, 6) is 1.43. The molecule has 0 aliphatic carbocycles. The van der Waals surface area contributed by atoms with Crippen molar-refractivity contribution in [1.29, 1.82) is 0 Å².